The Morgan fingerprint density at radius 3 is 2.60 bits per heavy atom. The molecular formula is C16H19ClN2O5S. The number of nitrogens with one attached hydrogen (secondary N) is 1. The van der Waals surface area contributed by atoms with E-state index in [4.69, 9.17) is 9.15 Å². The number of carbonyl (C=O) groups is 1. The van der Waals surface area contributed by atoms with Crippen molar-refractivity contribution < 1.29 is 22.4 Å². The van der Waals surface area contributed by atoms with Crippen molar-refractivity contribution in [3.8, 4) is 0 Å². The third kappa shape index (κ3) is 3.07. The number of furan rings is 1. The van der Waals surface area contributed by atoms with E-state index < -0.39 is 16.0 Å². The maximum Gasteiger partial charge on any atom is 0.342 e. The molecule has 3 rings (SSSR count). The Kier molecular flexibility index (Phi) is 5.34. The van der Waals surface area contributed by atoms with Gasteiger partial charge in [-0.05, 0) is 26.0 Å². The van der Waals surface area contributed by atoms with E-state index in [1.807, 2.05) is 12.1 Å². The molecule has 136 valence electrons. The lowest BCUT2D eigenvalue weighted by atomic mass is 10.2. The molecule has 2 heterocycles. The van der Waals surface area contributed by atoms with Gasteiger partial charge in [-0.2, -0.15) is 0 Å². The molecule has 1 N–H and O–H groups in total. The third-order valence-electron chi connectivity index (χ3n) is 3.95. The normalized spacial score (nSPS) is 13.5. The number of para-hydroxylation sites is 2. The van der Waals surface area contributed by atoms with Crippen LogP contribution in [0.5, 0.6) is 0 Å². The first kappa shape index (κ1) is 19.1. The average Bonchev–Trinajstić information content (AvgIpc) is 2.88. The van der Waals surface area contributed by atoms with Gasteiger partial charge in [-0.3, -0.25) is 4.31 Å². The first-order valence-corrected chi connectivity index (χ1v) is 8.86. The van der Waals surface area contributed by atoms with Crippen LogP contribution < -0.4 is 9.62 Å². The number of methoxy groups -OCH3 is 1. The number of hydrogen-bond donors (Lipinski definition) is 1. The molecule has 1 aliphatic rings. The number of aryl methyl sites for hydroxylation is 2. The van der Waals surface area contributed by atoms with Crippen molar-refractivity contribution in [2.45, 2.75) is 18.7 Å². The second kappa shape index (κ2) is 6.97. The molecule has 0 saturated heterocycles. The van der Waals surface area contributed by atoms with Crippen LogP contribution >= 0.6 is 12.4 Å². The number of esters is 1. The maximum atomic E-state index is 13.3. The lowest BCUT2D eigenvalue weighted by molar-refractivity contribution is 0.0595. The topological polar surface area (TPSA) is 88.8 Å². The fraction of sp³-hybridized carbons (Fsp3) is 0.312. The summed E-state index contributed by atoms with van der Waals surface area (Å²) in [5.41, 5.74) is 1.22. The number of rotatable bonds is 3. The van der Waals surface area contributed by atoms with E-state index in [1.165, 1.54) is 18.3 Å². The van der Waals surface area contributed by atoms with Crippen LogP contribution in [0, 0.1) is 13.8 Å². The van der Waals surface area contributed by atoms with Gasteiger partial charge in [-0.15, -0.1) is 12.4 Å². The molecule has 0 bridgehead atoms. The molecule has 0 unspecified atom stereocenters. The number of sulfonamides is 1. The predicted molar refractivity (Wildman–Crippen MR) is 96.2 cm³/mol. The Morgan fingerprint density at radius 2 is 1.92 bits per heavy atom. The largest absolute Gasteiger partial charge is 0.465 e. The first-order valence-electron chi connectivity index (χ1n) is 7.42. The molecule has 25 heavy (non-hydrogen) atoms. The van der Waals surface area contributed by atoms with Crippen LogP contribution in [-0.4, -0.2) is 34.6 Å². The van der Waals surface area contributed by atoms with Crippen molar-refractivity contribution in [2.75, 3.05) is 29.8 Å². The fourth-order valence-corrected chi connectivity index (χ4v) is 4.79. The summed E-state index contributed by atoms with van der Waals surface area (Å²) in [7, 11) is -2.76. The van der Waals surface area contributed by atoms with E-state index >= 15 is 0 Å². The summed E-state index contributed by atoms with van der Waals surface area (Å²) in [5.74, 6) is -0.336. The Hall–Kier alpha value is -2.19. The number of ether oxygens (including phenoxy) is 1. The van der Waals surface area contributed by atoms with Crippen molar-refractivity contribution in [3.63, 3.8) is 0 Å². The zero-order valence-corrected chi connectivity index (χ0v) is 15.7. The van der Waals surface area contributed by atoms with Crippen LogP contribution in [-0.2, 0) is 14.8 Å². The van der Waals surface area contributed by atoms with E-state index in [-0.39, 0.29) is 40.9 Å². The summed E-state index contributed by atoms with van der Waals surface area (Å²) in [6.07, 6.45) is 0. The molecule has 7 nitrogen and oxygen atoms in total. The molecule has 1 aliphatic heterocycles. The van der Waals surface area contributed by atoms with Crippen molar-refractivity contribution in [3.05, 3.63) is 41.3 Å². The minimum Gasteiger partial charge on any atom is -0.465 e. The van der Waals surface area contributed by atoms with Crippen molar-refractivity contribution in [1.29, 1.82) is 0 Å². The van der Waals surface area contributed by atoms with Crippen LogP contribution in [0.2, 0.25) is 0 Å². The van der Waals surface area contributed by atoms with Gasteiger partial charge in [0.1, 0.15) is 22.0 Å². The first-order chi connectivity index (χ1) is 11.4. The molecular weight excluding hydrogens is 368 g/mol. The van der Waals surface area contributed by atoms with Crippen LogP contribution in [0.1, 0.15) is 21.9 Å². The maximum absolute atomic E-state index is 13.3. The van der Waals surface area contributed by atoms with Crippen molar-refractivity contribution >= 4 is 39.8 Å². The molecule has 0 radical (unpaired) electrons. The molecule has 1 aromatic heterocycles. The molecule has 1 aromatic carbocycles. The van der Waals surface area contributed by atoms with Crippen LogP contribution in [0.15, 0.2) is 33.6 Å². The zero-order valence-electron chi connectivity index (χ0n) is 14.0. The third-order valence-corrected chi connectivity index (χ3v) is 5.91. The number of hydrogen-bond acceptors (Lipinski definition) is 6. The summed E-state index contributed by atoms with van der Waals surface area (Å²) < 4.78 is 37.9. The molecule has 2 aromatic rings. The number of halogens is 1. The predicted octanol–water partition coefficient (Wildman–Crippen LogP) is 2.73. The molecule has 0 aliphatic carbocycles. The van der Waals surface area contributed by atoms with Gasteiger partial charge in [0.25, 0.3) is 10.0 Å². The number of anilines is 2. The minimum atomic E-state index is -3.97. The van der Waals surface area contributed by atoms with Crippen molar-refractivity contribution in [2.24, 2.45) is 0 Å². The van der Waals surface area contributed by atoms with E-state index in [1.54, 1.807) is 19.1 Å². The van der Waals surface area contributed by atoms with E-state index in [9.17, 15) is 13.2 Å². The monoisotopic (exact) mass is 386 g/mol. The summed E-state index contributed by atoms with van der Waals surface area (Å²) in [5, 5.41) is 3.16. The SMILES string of the molecule is COC(=O)c1c(C)oc(C)c1S(=O)(=O)N1CCNc2ccccc21.Cl. The molecule has 0 fully saturated rings. The summed E-state index contributed by atoms with van der Waals surface area (Å²) in [6.45, 7) is 3.80. The summed E-state index contributed by atoms with van der Waals surface area (Å²) >= 11 is 0. The Labute approximate surface area is 152 Å². The summed E-state index contributed by atoms with van der Waals surface area (Å²) in [4.78, 5) is 11.9. The summed E-state index contributed by atoms with van der Waals surface area (Å²) in [6, 6.07) is 7.13. The highest BCUT2D eigenvalue weighted by molar-refractivity contribution is 7.93. The highest BCUT2D eigenvalue weighted by Crippen LogP contribution is 2.36. The molecule has 0 atom stereocenters. The average molecular weight is 387 g/mol. The van der Waals surface area contributed by atoms with E-state index in [2.05, 4.69) is 5.32 Å². The van der Waals surface area contributed by atoms with Crippen LogP contribution in [0.25, 0.3) is 0 Å². The number of fused-ring (bicyclic) bond motifs is 1. The van der Waals surface area contributed by atoms with Crippen LogP contribution in [0.3, 0.4) is 0 Å². The van der Waals surface area contributed by atoms with E-state index in [0.29, 0.717) is 12.2 Å². The zero-order chi connectivity index (χ0) is 17.5. The van der Waals surface area contributed by atoms with Gasteiger partial charge in [0.15, 0.2) is 0 Å². The van der Waals surface area contributed by atoms with Gasteiger partial charge < -0.3 is 14.5 Å². The molecule has 0 saturated carbocycles. The standard InChI is InChI=1S/C16H18N2O5S.ClH/c1-10-14(16(19)22-3)15(11(2)23-10)24(20,21)18-9-8-17-12-6-4-5-7-13(12)18;/h4-7,17H,8-9H2,1-3H3;1H. The van der Waals surface area contributed by atoms with Gasteiger partial charge >= 0.3 is 5.97 Å². The fourth-order valence-electron chi connectivity index (χ4n) is 2.93. The lowest BCUT2D eigenvalue weighted by Gasteiger charge is -2.31. The van der Waals surface area contributed by atoms with Gasteiger partial charge in [-0.1, -0.05) is 12.1 Å². The van der Waals surface area contributed by atoms with Gasteiger partial charge in [0.05, 0.1) is 25.0 Å². The Morgan fingerprint density at radius 1 is 1.24 bits per heavy atom. The van der Waals surface area contributed by atoms with Crippen LogP contribution in [0.4, 0.5) is 11.4 Å². The smallest absolute Gasteiger partial charge is 0.342 e. The van der Waals surface area contributed by atoms with Gasteiger partial charge in [-0.25, -0.2) is 13.2 Å². The second-order valence-corrected chi connectivity index (χ2v) is 7.23. The quantitative estimate of drug-likeness (QED) is 0.816. The molecule has 0 spiro atoms. The highest BCUT2D eigenvalue weighted by atomic mass is 35.5. The molecule has 9 heteroatoms. The lowest BCUT2D eigenvalue weighted by Crippen LogP contribution is -2.39. The van der Waals surface area contributed by atoms with Crippen molar-refractivity contribution in [1.82, 2.24) is 0 Å². The Balaban J connectivity index is 0.00000225. The van der Waals surface area contributed by atoms with Gasteiger partial charge in [0.2, 0.25) is 0 Å². The minimum absolute atomic E-state index is 0. The highest BCUT2D eigenvalue weighted by Gasteiger charge is 2.37. The second-order valence-electron chi connectivity index (χ2n) is 5.43. The Bertz CT molecular complexity index is 907. The number of carbonyl (C=O) groups excluding carboxylic acids is 1. The number of benzene rings is 1. The molecule has 0 amide bonds. The van der Waals surface area contributed by atoms with Gasteiger partial charge in [0, 0.05) is 6.54 Å². The number of nitrogens with zero attached hydrogens (tertiary/aromatic N) is 1. The van der Waals surface area contributed by atoms with E-state index in [0.717, 1.165) is 5.69 Å².